The quantitative estimate of drug-likeness (QED) is 0.784. The molecule has 19 heavy (non-hydrogen) atoms. The second-order valence-corrected chi connectivity index (χ2v) is 7.18. The maximum Gasteiger partial charge on any atom is 0.186 e. The average molecular weight is 278 g/mol. The van der Waals surface area contributed by atoms with Crippen molar-refractivity contribution in [1.82, 2.24) is 4.98 Å². The summed E-state index contributed by atoms with van der Waals surface area (Å²) in [4.78, 5) is 19.1. The van der Waals surface area contributed by atoms with E-state index in [2.05, 4.69) is 18.9 Å². The molecule has 0 aliphatic heterocycles. The summed E-state index contributed by atoms with van der Waals surface area (Å²) in [5, 5.41) is 1.04. The van der Waals surface area contributed by atoms with Gasteiger partial charge < -0.3 is 4.90 Å². The second-order valence-electron chi connectivity index (χ2n) is 6.17. The fourth-order valence-corrected chi connectivity index (χ4v) is 4.12. The predicted octanol–water partition coefficient (Wildman–Crippen LogP) is 3.85. The van der Waals surface area contributed by atoms with E-state index in [1.807, 2.05) is 0 Å². The number of aromatic nitrogens is 1. The van der Waals surface area contributed by atoms with Crippen molar-refractivity contribution in [2.24, 2.45) is 5.92 Å². The average Bonchev–Trinajstić information content (AvgIpc) is 3.17. The van der Waals surface area contributed by atoms with E-state index in [1.54, 1.807) is 11.3 Å². The molecule has 2 fully saturated rings. The number of nitrogens with zero attached hydrogens (tertiary/aromatic N) is 2. The van der Waals surface area contributed by atoms with E-state index >= 15 is 0 Å². The number of carbonyl (C=O) groups excluding carboxylic acids is 1. The van der Waals surface area contributed by atoms with E-state index in [0.29, 0.717) is 12.0 Å². The van der Waals surface area contributed by atoms with Gasteiger partial charge >= 0.3 is 0 Å². The van der Waals surface area contributed by atoms with Crippen LogP contribution >= 0.6 is 11.3 Å². The van der Waals surface area contributed by atoms with Crippen molar-refractivity contribution >= 4 is 22.8 Å². The third kappa shape index (κ3) is 2.69. The standard InChI is InChI=1S/C15H22N2OS/c1-10-4-3-5-12(8-10)17(2)15-16-14(11-6-7-11)13(9-18)19-15/h9-12H,3-8H2,1-2H3. The first-order valence-electron chi connectivity index (χ1n) is 7.37. The fourth-order valence-electron chi connectivity index (χ4n) is 3.13. The van der Waals surface area contributed by atoms with Gasteiger partial charge in [0.05, 0.1) is 10.6 Å². The summed E-state index contributed by atoms with van der Waals surface area (Å²) >= 11 is 1.58. The molecule has 0 spiro atoms. The van der Waals surface area contributed by atoms with Gasteiger partial charge in [0.25, 0.3) is 0 Å². The number of hydrogen-bond acceptors (Lipinski definition) is 4. The molecule has 0 amide bonds. The Bertz CT molecular complexity index is 467. The molecule has 0 N–H and O–H groups in total. The van der Waals surface area contributed by atoms with Crippen molar-refractivity contribution in [3.05, 3.63) is 10.6 Å². The van der Waals surface area contributed by atoms with E-state index in [9.17, 15) is 4.79 Å². The molecule has 0 aromatic carbocycles. The molecule has 2 unspecified atom stereocenters. The zero-order valence-corrected chi connectivity index (χ0v) is 12.6. The maximum atomic E-state index is 11.2. The summed E-state index contributed by atoms with van der Waals surface area (Å²) in [6, 6.07) is 0.599. The van der Waals surface area contributed by atoms with Crippen molar-refractivity contribution in [2.75, 3.05) is 11.9 Å². The molecule has 1 aromatic heterocycles. The fraction of sp³-hybridized carbons (Fsp3) is 0.733. The Hall–Kier alpha value is -0.900. The Kier molecular flexibility index (Phi) is 3.61. The van der Waals surface area contributed by atoms with Gasteiger partial charge in [0.1, 0.15) is 0 Å². The Labute approximate surface area is 119 Å². The van der Waals surface area contributed by atoms with E-state index in [0.717, 1.165) is 27.9 Å². The van der Waals surface area contributed by atoms with Gasteiger partial charge in [-0.2, -0.15) is 0 Å². The first-order valence-corrected chi connectivity index (χ1v) is 8.19. The number of thiazole rings is 1. The van der Waals surface area contributed by atoms with Crippen molar-refractivity contribution < 1.29 is 4.79 Å². The van der Waals surface area contributed by atoms with Crippen LogP contribution in [0.15, 0.2) is 0 Å². The van der Waals surface area contributed by atoms with Gasteiger partial charge in [0.2, 0.25) is 0 Å². The predicted molar refractivity (Wildman–Crippen MR) is 79.3 cm³/mol. The third-order valence-electron chi connectivity index (χ3n) is 4.50. The number of aldehydes is 1. The van der Waals surface area contributed by atoms with Crippen molar-refractivity contribution in [3.8, 4) is 0 Å². The summed E-state index contributed by atoms with van der Waals surface area (Å²) in [6.07, 6.45) is 8.59. The van der Waals surface area contributed by atoms with Crippen LogP contribution in [0.4, 0.5) is 5.13 Å². The molecular formula is C15H22N2OS. The highest BCUT2D eigenvalue weighted by Crippen LogP contribution is 2.44. The number of anilines is 1. The summed E-state index contributed by atoms with van der Waals surface area (Å²) in [5.74, 6) is 1.37. The van der Waals surface area contributed by atoms with Crippen LogP contribution in [0, 0.1) is 5.92 Å². The van der Waals surface area contributed by atoms with Gasteiger partial charge in [0.15, 0.2) is 11.4 Å². The van der Waals surface area contributed by atoms with Gasteiger partial charge in [-0.3, -0.25) is 4.79 Å². The van der Waals surface area contributed by atoms with Gasteiger partial charge in [0, 0.05) is 19.0 Å². The monoisotopic (exact) mass is 278 g/mol. The van der Waals surface area contributed by atoms with Gasteiger partial charge in [-0.25, -0.2) is 4.98 Å². The summed E-state index contributed by atoms with van der Waals surface area (Å²) < 4.78 is 0. The lowest BCUT2D eigenvalue weighted by Crippen LogP contribution is -2.35. The molecule has 2 aliphatic carbocycles. The summed E-state index contributed by atoms with van der Waals surface area (Å²) in [7, 11) is 2.15. The van der Waals surface area contributed by atoms with E-state index in [-0.39, 0.29) is 0 Å². The summed E-state index contributed by atoms with van der Waals surface area (Å²) in [5.41, 5.74) is 1.06. The molecule has 2 aliphatic rings. The Balaban J connectivity index is 1.78. The zero-order chi connectivity index (χ0) is 13.4. The molecule has 104 valence electrons. The first kappa shape index (κ1) is 13.1. The Morgan fingerprint density at radius 3 is 2.74 bits per heavy atom. The van der Waals surface area contributed by atoms with Crippen LogP contribution in [0.25, 0.3) is 0 Å². The van der Waals surface area contributed by atoms with Crippen LogP contribution in [0.5, 0.6) is 0 Å². The van der Waals surface area contributed by atoms with E-state index in [1.165, 1.54) is 38.5 Å². The normalized spacial score (nSPS) is 27.3. The minimum Gasteiger partial charge on any atom is -0.348 e. The Morgan fingerprint density at radius 1 is 1.32 bits per heavy atom. The van der Waals surface area contributed by atoms with Crippen LogP contribution in [0.1, 0.15) is 66.7 Å². The second kappa shape index (κ2) is 5.23. The molecule has 3 rings (SSSR count). The molecule has 0 bridgehead atoms. The number of rotatable bonds is 4. The minimum absolute atomic E-state index is 0.559. The molecule has 2 saturated carbocycles. The molecule has 4 heteroatoms. The highest BCUT2D eigenvalue weighted by Gasteiger charge is 2.31. The van der Waals surface area contributed by atoms with Crippen molar-refractivity contribution in [2.45, 2.75) is 57.4 Å². The van der Waals surface area contributed by atoms with Crippen molar-refractivity contribution in [3.63, 3.8) is 0 Å². The molecule has 0 saturated heterocycles. The lowest BCUT2D eigenvalue weighted by atomic mass is 9.86. The Morgan fingerprint density at radius 2 is 2.11 bits per heavy atom. The highest BCUT2D eigenvalue weighted by molar-refractivity contribution is 7.17. The first-order chi connectivity index (χ1) is 9.19. The molecular weight excluding hydrogens is 256 g/mol. The van der Waals surface area contributed by atoms with E-state index in [4.69, 9.17) is 4.98 Å². The smallest absolute Gasteiger partial charge is 0.186 e. The van der Waals surface area contributed by atoms with Crippen LogP contribution in [0.2, 0.25) is 0 Å². The van der Waals surface area contributed by atoms with Gasteiger partial charge in [-0.05, 0) is 31.6 Å². The minimum atomic E-state index is 0.559. The van der Waals surface area contributed by atoms with Gasteiger partial charge in [-0.1, -0.05) is 31.1 Å². The maximum absolute atomic E-state index is 11.2. The third-order valence-corrected chi connectivity index (χ3v) is 5.59. The molecule has 1 heterocycles. The lowest BCUT2D eigenvalue weighted by Gasteiger charge is -2.33. The molecule has 0 radical (unpaired) electrons. The molecule has 2 atom stereocenters. The van der Waals surface area contributed by atoms with Crippen molar-refractivity contribution in [1.29, 1.82) is 0 Å². The highest BCUT2D eigenvalue weighted by atomic mass is 32.1. The van der Waals surface area contributed by atoms with Crippen LogP contribution in [-0.4, -0.2) is 24.4 Å². The topological polar surface area (TPSA) is 33.2 Å². The lowest BCUT2D eigenvalue weighted by molar-refractivity contribution is 0.112. The molecule has 1 aromatic rings. The van der Waals surface area contributed by atoms with Crippen LogP contribution in [0.3, 0.4) is 0 Å². The van der Waals surface area contributed by atoms with Gasteiger partial charge in [-0.15, -0.1) is 0 Å². The van der Waals surface area contributed by atoms with E-state index < -0.39 is 0 Å². The zero-order valence-electron chi connectivity index (χ0n) is 11.8. The summed E-state index contributed by atoms with van der Waals surface area (Å²) in [6.45, 7) is 2.34. The largest absolute Gasteiger partial charge is 0.348 e. The number of hydrogen-bond donors (Lipinski definition) is 0. The van der Waals surface area contributed by atoms with Crippen LogP contribution in [-0.2, 0) is 0 Å². The van der Waals surface area contributed by atoms with Crippen LogP contribution < -0.4 is 4.90 Å². The SMILES string of the molecule is CC1CCCC(N(C)c2nc(C3CC3)c(C=O)s2)C1. The molecule has 3 nitrogen and oxygen atoms in total. The number of carbonyl (C=O) groups is 1.